The second kappa shape index (κ2) is 4.75. The summed E-state index contributed by atoms with van der Waals surface area (Å²) in [5.41, 5.74) is 1.45. The van der Waals surface area contributed by atoms with Gasteiger partial charge in [0.2, 0.25) is 0 Å². The second-order valence-electron chi connectivity index (χ2n) is 4.27. The van der Waals surface area contributed by atoms with Crippen LogP contribution in [0.25, 0.3) is 0 Å². The summed E-state index contributed by atoms with van der Waals surface area (Å²) < 4.78 is 10.3. The predicted octanol–water partition coefficient (Wildman–Crippen LogP) is 2.07. The van der Waals surface area contributed by atoms with E-state index in [4.69, 9.17) is 9.47 Å². The number of carbonyl (C=O) groups is 1. The van der Waals surface area contributed by atoms with Crippen LogP contribution in [0, 0.1) is 0 Å². The molecule has 2 rings (SSSR count). The standard InChI is InChI=1S/C13H16O4/c1-8(14)3-6-12-10-5-4-9(16-2)7-11(10)13(15)17-12/h4-5,7-8,12,14H,3,6H2,1-2H3. The highest BCUT2D eigenvalue weighted by atomic mass is 16.5. The van der Waals surface area contributed by atoms with Crippen LogP contribution in [0.5, 0.6) is 5.75 Å². The normalized spacial score (nSPS) is 19.7. The van der Waals surface area contributed by atoms with E-state index in [2.05, 4.69) is 0 Å². The SMILES string of the molecule is COc1ccc2c(c1)C(=O)OC2CCC(C)O. The van der Waals surface area contributed by atoms with E-state index in [1.54, 1.807) is 20.1 Å². The van der Waals surface area contributed by atoms with Gasteiger partial charge in [0.25, 0.3) is 0 Å². The van der Waals surface area contributed by atoms with Gasteiger partial charge in [-0.25, -0.2) is 4.79 Å². The van der Waals surface area contributed by atoms with E-state index in [-0.39, 0.29) is 18.2 Å². The first-order chi connectivity index (χ1) is 8.11. The third-order valence-corrected chi connectivity index (χ3v) is 2.92. The lowest BCUT2D eigenvalue weighted by Gasteiger charge is -2.11. The van der Waals surface area contributed by atoms with Crippen molar-refractivity contribution in [2.75, 3.05) is 7.11 Å². The fourth-order valence-electron chi connectivity index (χ4n) is 1.98. The molecule has 1 aliphatic heterocycles. The van der Waals surface area contributed by atoms with E-state index in [9.17, 15) is 9.90 Å². The maximum Gasteiger partial charge on any atom is 0.339 e. The Balaban J connectivity index is 2.19. The Morgan fingerprint density at radius 3 is 2.94 bits per heavy atom. The molecule has 0 amide bonds. The quantitative estimate of drug-likeness (QED) is 0.813. The van der Waals surface area contributed by atoms with Crippen LogP contribution in [0.2, 0.25) is 0 Å². The molecule has 0 fully saturated rings. The smallest absolute Gasteiger partial charge is 0.339 e. The van der Waals surface area contributed by atoms with E-state index < -0.39 is 0 Å². The predicted molar refractivity (Wildman–Crippen MR) is 62.1 cm³/mol. The zero-order chi connectivity index (χ0) is 12.4. The lowest BCUT2D eigenvalue weighted by atomic mass is 10.0. The molecule has 4 nitrogen and oxygen atoms in total. The summed E-state index contributed by atoms with van der Waals surface area (Å²) in [5.74, 6) is 0.339. The number of benzene rings is 1. The number of ether oxygens (including phenoxy) is 2. The number of aliphatic hydroxyl groups is 1. The number of hydrogen-bond acceptors (Lipinski definition) is 4. The van der Waals surface area contributed by atoms with Gasteiger partial charge in [-0.05, 0) is 31.9 Å². The van der Waals surface area contributed by atoms with Gasteiger partial charge >= 0.3 is 5.97 Å². The van der Waals surface area contributed by atoms with Crippen LogP contribution >= 0.6 is 0 Å². The monoisotopic (exact) mass is 236 g/mol. The van der Waals surface area contributed by atoms with E-state index in [0.717, 1.165) is 5.56 Å². The van der Waals surface area contributed by atoms with Crippen LogP contribution < -0.4 is 4.74 Å². The van der Waals surface area contributed by atoms with E-state index in [1.807, 2.05) is 12.1 Å². The maximum atomic E-state index is 11.6. The molecule has 92 valence electrons. The highest BCUT2D eigenvalue weighted by Crippen LogP contribution is 2.35. The third-order valence-electron chi connectivity index (χ3n) is 2.92. The first kappa shape index (κ1) is 11.9. The van der Waals surface area contributed by atoms with E-state index in [0.29, 0.717) is 24.2 Å². The van der Waals surface area contributed by atoms with Crippen LogP contribution in [0.15, 0.2) is 18.2 Å². The van der Waals surface area contributed by atoms with Gasteiger partial charge in [0.15, 0.2) is 0 Å². The molecule has 2 unspecified atom stereocenters. The Kier molecular flexibility index (Phi) is 3.33. The summed E-state index contributed by atoms with van der Waals surface area (Å²) in [5, 5.41) is 9.25. The molecule has 0 bridgehead atoms. The molecule has 0 spiro atoms. The molecule has 2 atom stereocenters. The second-order valence-corrected chi connectivity index (χ2v) is 4.27. The average molecular weight is 236 g/mol. The Morgan fingerprint density at radius 1 is 1.53 bits per heavy atom. The van der Waals surface area contributed by atoms with Crippen LogP contribution in [-0.2, 0) is 4.74 Å². The largest absolute Gasteiger partial charge is 0.497 e. The van der Waals surface area contributed by atoms with Crippen molar-refractivity contribution in [3.8, 4) is 5.75 Å². The van der Waals surface area contributed by atoms with Crippen molar-refractivity contribution >= 4 is 5.97 Å². The molecular formula is C13H16O4. The number of aliphatic hydroxyl groups excluding tert-OH is 1. The van der Waals surface area contributed by atoms with Crippen molar-refractivity contribution in [3.63, 3.8) is 0 Å². The minimum absolute atomic E-state index is 0.238. The molecule has 1 N–H and O–H groups in total. The van der Waals surface area contributed by atoms with Crippen LogP contribution in [0.3, 0.4) is 0 Å². The van der Waals surface area contributed by atoms with Crippen molar-refractivity contribution in [1.29, 1.82) is 0 Å². The number of esters is 1. The topological polar surface area (TPSA) is 55.8 Å². The van der Waals surface area contributed by atoms with E-state index in [1.165, 1.54) is 0 Å². The van der Waals surface area contributed by atoms with Crippen molar-refractivity contribution in [3.05, 3.63) is 29.3 Å². The van der Waals surface area contributed by atoms with Crippen molar-refractivity contribution in [2.24, 2.45) is 0 Å². The number of hydrogen-bond donors (Lipinski definition) is 1. The van der Waals surface area contributed by atoms with Gasteiger partial charge < -0.3 is 14.6 Å². The Hall–Kier alpha value is -1.55. The minimum Gasteiger partial charge on any atom is -0.497 e. The molecule has 1 heterocycles. The fourth-order valence-corrected chi connectivity index (χ4v) is 1.98. The molecule has 0 saturated carbocycles. The number of methoxy groups -OCH3 is 1. The van der Waals surface area contributed by atoms with Crippen LogP contribution in [0.1, 0.15) is 41.8 Å². The van der Waals surface area contributed by atoms with Crippen LogP contribution in [-0.4, -0.2) is 24.3 Å². The maximum absolute atomic E-state index is 11.6. The summed E-state index contributed by atoms with van der Waals surface area (Å²) in [6.07, 6.45) is 0.639. The Bertz CT molecular complexity index is 425. The zero-order valence-electron chi connectivity index (χ0n) is 9.97. The van der Waals surface area contributed by atoms with Gasteiger partial charge in [-0.1, -0.05) is 6.07 Å². The first-order valence-corrected chi connectivity index (χ1v) is 5.69. The number of fused-ring (bicyclic) bond motifs is 1. The molecule has 1 aromatic rings. The Morgan fingerprint density at radius 2 is 2.29 bits per heavy atom. The zero-order valence-corrected chi connectivity index (χ0v) is 9.97. The van der Waals surface area contributed by atoms with Gasteiger partial charge in [-0.3, -0.25) is 0 Å². The molecule has 0 saturated heterocycles. The molecule has 0 aromatic heterocycles. The van der Waals surface area contributed by atoms with E-state index >= 15 is 0 Å². The van der Waals surface area contributed by atoms with Gasteiger partial charge in [-0.15, -0.1) is 0 Å². The van der Waals surface area contributed by atoms with Gasteiger partial charge in [0.05, 0.1) is 18.8 Å². The van der Waals surface area contributed by atoms with Gasteiger partial charge in [0, 0.05) is 5.56 Å². The number of carbonyl (C=O) groups excluding carboxylic acids is 1. The van der Waals surface area contributed by atoms with Crippen molar-refractivity contribution in [2.45, 2.75) is 32.0 Å². The molecule has 0 radical (unpaired) electrons. The molecular weight excluding hydrogens is 220 g/mol. The summed E-state index contributed by atoms with van der Waals surface area (Å²) in [4.78, 5) is 11.6. The lowest BCUT2D eigenvalue weighted by Crippen LogP contribution is -2.05. The molecule has 4 heteroatoms. The lowest BCUT2D eigenvalue weighted by molar-refractivity contribution is 0.0333. The highest BCUT2D eigenvalue weighted by Gasteiger charge is 2.31. The highest BCUT2D eigenvalue weighted by molar-refractivity contribution is 5.94. The van der Waals surface area contributed by atoms with Gasteiger partial charge in [0.1, 0.15) is 11.9 Å². The number of rotatable bonds is 4. The summed E-state index contributed by atoms with van der Waals surface area (Å²) in [7, 11) is 1.56. The summed E-state index contributed by atoms with van der Waals surface area (Å²) in [6.45, 7) is 1.73. The minimum atomic E-state index is -0.379. The molecule has 0 aliphatic carbocycles. The van der Waals surface area contributed by atoms with Crippen LogP contribution in [0.4, 0.5) is 0 Å². The summed E-state index contributed by atoms with van der Waals surface area (Å²) in [6, 6.07) is 5.36. The molecule has 1 aliphatic rings. The molecule has 1 aromatic carbocycles. The number of cyclic esters (lactones) is 1. The van der Waals surface area contributed by atoms with Crippen molar-refractivity contribution < 1.29 is 19.4 Å². The first-order valence-electron chi connectivity index (χ1n) is 5.69. The van der Waals surface area contributed by atoms with Crippen molar-refractivity contribution in [1.82, 2.24) is 0 Å². The fraction of sp³-hybridized carbons (Fsp3) is 0.462. The van der Waals surface area contributed by atoms with Gasteiger partial charge in [-0.2, -0.15) is 0 Å². The summed E-state index contributed by atoms with van der Waals surface area (Å²) >= 11 is 0. The third kappa shape index (κ3) is 2.42. The average Bonchev–Trinajstić information content (AvgIpc) is 2.63. The Labute approximate surface area is 100 Å². The molecule has 17 heavy (non-hydrogen) atoms.